The fraction of sp³-hybridized carbons (Fsp3) is 0.250. The molecule has 21 heavy (non-hydrogen) atoms. The number of nitro benzene ring substituents is 1. The number of aliphatic carboxylic acids is 1. The van der Waals surface area contributed by atoms with E-state index in [-0.39, 0.29) is 16.8 Å². The van der Waals surface area contributed by atoms with Gasteiger partial charge < -0.3 is 16.2 Å². The van der Waals surface area contributed by atoms with E-state index in [1.807, 2.05) is 0 Å². The first kappa shape index (κ1) is 16.1. The van der Waals surface area contributed by atoms with E-state index in [1.54, 1.807) is 0 Å². The van der Waals surface area contributed by atoms with Gasteiger partial charge in [-0.15, -0.1) is 0 Å². The predicted octanol–water partition coefficient (Wildman–Crippen LogP) is -0.0384. The molecule has 0 aliphatic rings. The second-order valence-electron chi connectivity index (χ2n) is 4.29. The number of amides is 2. The summed E-state index contributed by atoms with van der Waals surface area (Å²) in [6.45, 7) is 1.45. The van der Waals surface area contributed by atoms with Gasteiger partial charge in [0.1, 0.15) is 6.04 Å². The minimum atomic E-state index is -1.45. The Morgan fingerprint density at radius 3 is 2.48 bits per heavy atom. The molecule has 0 bridgehead atoms. The number of carboxylic acid groups (broad SMARTS) is 1. The molecule has 0 radical (unpaired) electrons. The number of primary amides is 1. The van der Waals surface area contributed by atoms with E-state index in [2.05, 4.69) is 5.32 Å². The summed E-state index contributed by atoms with van der Waals surface area (Å²) in [4.78, 5) is 43.6. The monoisotopic (exact) mass is 295 g/mol. The van der Waals surface area contributed by atoms with Gasteiger partial charge in [0.05, 0.1) is 11.3 Å². The maximum Gasteiger partial charge on any atom is 0.326 e. The van der Waals surface area contributed by atoms with E-state index in [4.69, 9.17) is 10.8 Å². The van der Waals surface area contributed by atoms with Crippen LogP contribution in [0.15, 0.2) is 18.2 Å². The second-order valence-corrected chi connectivity index (χ2v) is 4.29. The van der Waals surface area contributed by atoms with Gasteiger partial charge >= 0.3 is 5.97 Å². The third-order valence-electron chi connectivity index (χ3n) is 2.66. The highest BCUT2D eigenvalue weighted by Gasteiger charge is 2.23. The lowest BCUT2D eigenvalue weighted by Gasteiger charge is -2.13. The quantitative estimate of drug-likeness (QED) is 0.494. The molecular weight excluding hydrogens is 282 g/mol. The number of nitrogens with two attached hydrogens (primary N) is 1. The number of hydrogen-bond acceptors (Lipinski definition) is 5. The summed E-state index contributed by atoms with van der Waals surface area (Å²) in [5, 5.41) is 21.7. The summed E-state index contributed by atoms with van der Waals surface area (Å²) >= 11 is 0. The molecular formula is C12H13N3O6. The fourth-order valence-electron chi connectivity index (χ4n) is 1.64. The molecule has 0 aliphatic carbocycles. The van der Waals surface area contributed by atoms with Gasteiger partial charge in [0, 0.05) is 17.2 Å². The Labute approximate surface area is 118 Å². The van der Waals surface area contributed by atoms with Crippen LogP contribution in [0.5, 0.6) is 0 Å². The maximum atomic E-state index is 11.9. The Morgan fingerprint density at radius 1 is 1.43 bits per heavy atom. The van der Waals surface area contributed by atoms with Gasteiger partial charge in [0.2, 0.25) is 5.91 Å². The van der Waals surface area contributed by atoms with E-state index >= 15 is 0 Å². The number of nitrogens with one attached hydrogen (secondary N) is 1. The van der Waals surface area contributed by atoms with Gasteiger partial charge in [-0.2, -0.15) is 0 Å². The second kappa shape index (κ2) is 6.46. The normalized spacial score (nSPS) is 11.5. The number of carboxylic acids is 1. The number of benzene rings is 1. The lowest BCUT2D eigenvalue weighted by molar-refractivity contribution is -0.385. The van der Waals surface area contributed by atoms with Gasteiger partial charge in [0.15, 0.2) is 0 Å². The summed E-state index contributed by atoms with van der Waals surface area (Å²) in [6.07, 6.45) is -0.549. The molecule has 0 unspecified atom stereocenters. The van der Waals surface area contributed by atoms with Crippen molar-refractivity contribution in [1.82, 2.24) is 5.32 Å². The standard InChI is InChI=1S/C12H13N3O6/c1-6-4-7(2-3-9(6)15(20)21)11(17)14-8(12(18)19)5-10(13)16/h2-4,8H,5H2,1H3,(H2,13,16)(H,14,17)(H,18,19)/t8-/m0/s1. The first-order chi connectivity index (χ1) is 9.72. The molecule has 1 aromatic rings. The van der Waals surface area contributed by atoms with Crippen molar-refractivity contribution in [2.75, 3.05) is 0 Å². The average Bonchev–Trinajstić information content (AvgIpc) is 2.36. The smallest absolute Gasteiger partial charge is 0.326 e. The van der Waals surface area contributed by atoms with E-state index < -0.39 is 35.2 Å². The SMILES string of the molecule is Cc1cc(C(=O)N[C@@H](CC(N)=O)C(=O)O)ccc1[N+](=O)[O-]. The Morgan fingerprint density at radius 2 is 2.05 bits per heavy atom. The van der Waals surface area contributed by atoms with E-state index in [1.165, 1.54) is 19.1 Å². The van der Waals surface area contributed by atoms with Crippen molar-refractivity contribution in [3.63, 3.8) is 0 Å². The molecule has 0 saturated carbocycles. The minimum absolute atomic E-state index is 0.0498. The summed E-state index contributed by atoms with van der Waals surface area (Å²) < 4.78 is 0. The molecule has 4 N–H and O–H groups in total. The third-order valence-corrected chi connectivity index (χ3v) is 2.66. The Bertz CT molecular complexity index is 613. The summed E-state index contributed by atoms with van der Waals surface area (Å²) in [5.74, 6) is -3.04. The fourth-order valence-corrected chi connectivity index (χ4v) is 1.64. The number of nitrogens with zero attached hydrogens (tertiary/aromatic N) is 1. The number of carbonyl (C=O) groups excluding carboxylic acids is 2. The van der Waals surface area contributed by atoms with Gasteiger partial charge in [-0.1, -0.05) is 0 Å². The van der Waals surface area contributed by atoms with E-state index in [0.29, 0.717) is 0 Å². The number of carbonyl (C=O) groups is 3. The summed E-state index contributed by atoms with van der Waals surface area (Å²) in [5.41, 5.74) is 5.05. The van der Waals surface area contributed by atoms with Crippen LogP contribution in [0.4, 0.5) is 5.69 Å². The molecule has 9 nitrogen and oxygen atoms in total. The van der Waals surface area contributed by atoms with Crippen molar-refractivity contribution in [1.29, 1.82) is 0 Å². The highest BCUT2D eigenvalue weighted by molar-refractivity contribution is 5.98. The molecule has 112 valence electrons. The molecule has 0 heterocycles. The molecule has 0 aliphatic heterocycles. The summed E-state index contributed by atoms with van der Waals surface area (Å²) in [7, 11) is 0. The minimum Gasteiger partial charge on any atom is -0.480 e. The first-order valence-corrected chi connectivity index (χ1v) is 5.79. The lowest BCUT2D eigenvalue weighted by atomic mass is 10.1. The van der Waals surface area contributed by atoms with Crippen LogP contribution >= 0.6 is 0 Å². The van der Waals surface area contributed by atoms with Gasteiger partial charge in [0.25, 0.3) is 11.6 Å². The van der Waals surface area contributed by atoms with Gasteiger partial charge in [-0.05, 0) is 19.1 Å². The van der Waals surface area contributed by atoms with Crippen molar-refractivity contribution in [3.05, 3.63) is 39.4 Å². The van der Waals surface area contributed by atoms with Crippen molar-refractivity contribution in [3.8, 4) is 0 Å². The Hall–Kier alpha value is -2.97. The van der Waals surface area contributed by atoms with Gasteiger partial charge in [-0.3, -0.25) is 19.7 Å². The van der Waals surface area contributed by atoms with Crippen LogP contribution in [0.25, 0.3) is 0 Å². The molecule has 1 aromatic carbocycles. The van der Waals surface area contributed by atoms with E-state index in [0.717, 1.165) is 6.07 Å². The zero-order chi connectivity index (χ0) is 16.2. The Kier molecular flexibility index (Phi) is 4.95. The highest BCUT2D eigenvalue weighted by atomic mass is 16.6. The molecule has 0 spiro atoms. The first-order valence-electron chi connectivity index (χ1n) is 5.79. The average molecular weight is 295 g/mol. The largest absolute Gasteiger partial charge is 0.480 e. The number of rotatable bonds is 6. The van der Waals surface area contributed by atoms with Crippen molar-refractivity contribution in [2.45, 2.75) is 19.4 Å². The number of hydrogen-bond donors (Lipinski definition) is 3. The van der Waals surface area contributed by atoms with Crippen molar-refractivity contribution in [2.24, 2.45) is 5.73 Å². The van der Waals surface area contributed by atoms with Crippen LogP contribution in [0, 0.1) is 17.0 Å². The lowest BCUT2D eigenvalue weighted by Crippen LogP contribution is -2.43. The van der Waals surface area contributed by atoms with Crippen LogP contribution in [-0.4, -0.2) is 33.9 Å². The van der Waals surface area contributed by atoms with Crippen LogP contribution in [-0.2, 0) is 9.59 Å². The molecule has 1 rings (SSSR count). The van der Waals surface area contributed by atoms with Crippen LogP contribution in [0.2, 0.25) is 0 Å². The molecule has 9 heteroatoms. The van der Waals surface area contributed by atoms with E-state index in [9.17, 15) is 24.5 Å². The number of aryl methyl sites for hydroxylation is 1. The highest BCUT2D eigenvalue weighted by Crippen LogP contribution is 2.18. The van der Waals surface area contributed by atoms with Crippen molar-refractivity contribution >= 4 is 23.5 Å². The molecule has 0 saturated heterocycles. The zero-order valence-electron chi connectivity index (χ0n) is 11.0. The Balaban J connectivity index is 2.93. The number of nitro groups is 1. The molecule has 0 aromatic heterocycles. The van der Waals surface area contributed by atoms with Crippen LogP contribution < -0.4 is 11.1 Å². The maximum absolute atomic E-state index is 11.9. The third kappa shape index (κ3) is 4.27. The molecule has 0 fully saturated rings. The van der Waals surface area contributed by atoms with Crippen molar-refractivity contribution < 1.29 is 24.4 Å². The molecule has 1 atom stereocenters. The van der Waals surface area contributed by atoms with Crippen LogP contribution in [0.3, 0.4) is 0 Å². The molecule has 2 amide bonds. The van der Waals surface area contributed by atoms with Gasteiger partial charge in [-0.25, -0.2) is 4.79 Å². The topological polar surface area (TPSA) is 153 Å². The predicted molar refractivity (Wildman–Crippen MR) is 70.5 cm³/mol. The van der Waals surface area contributed by atoms with Crippen LogP contribution in [0.1, 0.15) is 22.3 Å². The zero-order valence-corrected chi connectivity index (χ0v) is 11.0. The summed E-state index contributed by atoms with van der Waals surface area (Å²) in [6, 6.07) is 2.15.